The van der Waals surface area contributed by atoms with Crippen molar-refractivity contribution in [1.82, 2.24) is 4.90 Å². The molecule has 0 heterocycles. The maximum absolute atomic E-state index is 10.8. The summed E-state index contributed by atoms with van der Waals surface area (Å²) in [5.74, 6) is 1.21. The molecule has 0 radical (unpaired) electrons. The zero-order valence-corrected chi connectivity index (χ0v) is 7.87. The van der Waals surface area contributed by atoms with E-state index in [-0.39, 0.29) is 12.4 Å². The Morgan fingerprint density at radius 3 is 2.62 bits per heavy atom. The van der Waals surface area contributed by atoms with Gasteiger partial charge in [0, 0.05) is 13.6 Å². The lowest BCUT2D eigenvalue weighted by atomic mass is 10.4. The van der Waals surface area contributed by atoms with Gasteiger partial charge in [-0.15, -0.1) is 6.42 Å². The normalized spacial score (nSPS) is 8.69. The first kappa shape index (κ1) is 11.5. The van der Waals surface area contributed by atoms with Crippen LogP contribution in [0.2, 0.25) is 0 Å². The summed E-state index contributed by atoms with van der Waals surface area (Å²) < 4.78 is 4.68. The van der Waals surface area contributed by atoms with Crippen LogP contribution in [-0.2, 0) is 14.3 Å². The molecule has 0 aliphatic heterocycles. The molecule has 0 spiro atoms. The number of terminal acetylenes is 1. The van der Waals surface area contributed by atoms with E-state index in [2.05, 4.69) is 4.74 Å². The smallest absolute Gasteiger partial charge is 0.307 e. The molecule has 0 saturated heterocycles. The van der Waals surface area contributed by atoms with Crippen LogP contribution in [0.4, 0.5) is 0 Å². The quantitative estimate of drug-likeness (QED) is 0.456. The average molecular weight is 183 g/mol. The molecule has 0 bridgehead atoms. The van der Waals surface area contributed by atoms with Crippen LogP contribution in [-0.4, -0.2) is 37.0 Å². The number of hydrogen-bond donors (Lipinski definition) is 0. The minimum absolute atomic E-state index is 0.178. The molecule has 0 unspecified atom stereocenters. The number of hydrogen-bond acceptors (Lipinski definition) is 3. The number of rotatable bonds is 4. The van der Waals surface area contributed by atoms with Crippen LogP contribution in [0.15, 0.2) is 0 Å². The number of esters is 1. The van der Waals surface area contributed by atoms with Crippen LogP contribution < -0.4 is 0 Å². The number of amides is 1. The summed E-state index contributed by atoms with van der Waals surface area (Å²) in [7, 11) is 1.54. The molecule has 0 aliphatic rings. The summed E-state index contributed by atoms with van der Waals surface area (Å²) in [5, 5.41) is 0. The van der Waals surface area contributed by atoms with Gasteiger partial charge in [-0.2, -0.15) is 0 Å². The Balaban J connectivity index is 3.71. The van der Waals surface area contributed by atoms with Crippen molar-refractivity contribution in [2.24, 2.45) is 0 Å². The topological polar surface area (TPSA) is 46.6 Å². The zero-order valence-electron chi connectivity index (χ0n) is 7.87. The van der Waals surface area contributed by atoms with Gasteiger partial charge in [0.15, 0.2) is 0 Å². The van der Waals surface area contributed by atoms with E-state index >= 15 is 0 Å². The number of ether oxygens (including phenoxy) is 1. The predicted molar refractivity (Wildman–Crippen MR) is 47.7 cm³/mol. The van der Waals surface area contributed by atoms with Crippen LogP contribution >= 0.6 is 0 Å². The molecule has 0 saturated carbocycles. The third kappa shape index (κ3) is 4.86. The van der Waals surface area contributed by atoms with Crippen LogP contribution in [0, 0.1) is 12.3 Å². The van der Waals surface area contributed by atoms with Gasteiger partial charge in [0.1, 0.15) is 0 Å². The van der Waals surface area contributed by atoms with Gasteiger partial charge >= 0.3 is 5.97 Å². The van der Waals surface area contributed by atoms with E-state index in [1.54, 1.807) is 14.0 Å². The first-order valence-electron chi connectivity index (χ1n) is 3.99. The highest BCUT2D eigenvalue weighted by atomic mass is 16.5. The van der Waals surface area contributed by atoms with Crippen LogP contribution in [0.1, 0.15) is 13.3 Å². The monoisotopic (exact) mass is 183 g/mol. The molecule has 0 rings (SSSR count). The van der Waals surface area contributed by atoms with Gasteiger partial charge in [0.2, 0.25) is 0 Å². The Morgan fingerprint density at radius 2 is 2.15 bits per heavy atom. The predicted octanol–water partition coefficient (Wildman–Crippen LogP) is 0.0312. The van der Waals surface area contributed by atoms with Crippen molar-refractivity contribution in [3.05, 3.63) is 0 Å². The van der Waals surface area contributed by atoms with E-state index in [1.807, 2.05) is 5.92 Å². The molecule has 0 fully saturated rings. The number of nitrogens with zero attached hydrogens (tertiary/aromatic N) is 1. The van der Waals surface area contributed by atoms with E-state index in [0.29, 0.717) is 13.2 Å². The van der Waals surface area contributed by atoms with Crippen molar-refractivity contribution < 1.29 is 14.3 Å². The maximum atomic E-state index is 10.8. The second kappa shape index (κ2) is 6.06. The second-order valence-electron chi connectivity index (χ2n) is 2.43. The molecule has 0 N–H and O–H groups in total. The fourth-order valence-electron chi connectivity index (χ4n) is 0.704. The molecule has 13 heavy (non-hydrogen) atoms. The van der Waals surface area contributed by atoms with Gasteiger partial charge in [0.25, 0.3) is 5.91 Å². The molecule has 0 aromatic rings. The first-order valence-corrected chi connectivity index (χ1v) is 3.99. The van der Waals surface area contributed by atoms with Crippen molar-refractivity contribution >= 4 is 11.9 Å². The average Bonchev–Trinajstić information content (AvgIpc) is 2.13. The highest BCUT2D eigenvalue weighted by Gasteiger charge is 2.07. The van der Waals surface area contributed by atoms with E-state index in [1.165, 1.54) is 4.90 Å². The SMILES string of the molecule is C#CC(=O)N(C)CCC(=O)OCC. The lowest BCUT2D eigenvalue weighted by Gasteiger charge is -2.12. The second-order valence-corrected chi connectivity index (χ2v) is 2.43. The molecular weight excluding hydrogens is 170 g/mol. The van der Waals surface area contributed by atoms with Gasteiger partial charge in [0.05, 0.1) is 13.0 Å². The van der Waals surface area contributed by atoms with E-state index in [0.717, 1.165) is 0 Å². The Kier molecular flexibility index (Phi) is 5.37. The lowest BCUT2D eigenvalue weighted by Crippen LogP contribution is -2.28. The molecule has 0 aliphatic carbocycles. The van der Waals surface area contributed by atoms with Crippen molar-refractivity contribution in [3.8, 4) is 12.3 Å². The molecule has 0 aromatic heterocycles. The van der Waals surface area contributed by atoms with Crippen LogP contribution in [0.25, 0.3) is 0 Å². The minimum Gasteiger partial charge on any atom is -0.466 e. The highest BCUT2D eigenvalue weighted by Crippen LogP contribution is 1.91. The van der Waals surface area contributed by atoms with Gasteiger partial charge in [-0.1, -0.05) is 0 Å². The Morgan fingerprint density at radius 1 is 1.54 bits per heavy atom. The Labute approximate surface area is 77.9 Å². The van der Waals surface area contributed by atoms with Crippen LogP contribution in [0.3, 0.4) is 0 Å². The molecule has 1 amide bonds. The lowest BCUT2D eigenvalue weighted by molar-refractivity contribution is -0.143. The number of carbonyl (C=O) groups excluding carboxylic acids is 2. The number of carbonyl (C=O) groups is 2. The van der Waals surface area contributed by atoms with Gasteiger partial charge in [-0.05, 0) is 12.8 Å². The largest absolute Gasteiger partial charge is 0.466 e. The summed E-state index contributed by atoms with van der Waals surface area (Å²) in [5.41, 5.74) is 0. The summed E-state index contributed by atoms with van der Waals surface area (Å²) in [6, 6.07) is 0. The first-order chi connectivity index (χ1) is 6.11. The molecule has 4 nitrogen and oxygen atoms in total. The molecule has 4 heteroatoms. The van der Waals surface area contributed by atoms with Gasteiger partial charge in [-0.3, -0.25) is 9.59 Å². The zero-order chi connectivity index (χ0) is 10.3. The standard InChI is InChI=1S/C9H13NO3/c1-4-8(11)10(3)7-6-9(12)13-5-2/h1H,5-7H2,2-3H3. The molecule has 72 valence electrons. The third-order valence-corrected chi connectivity index (χ3v) is 1.43. The molecule has 0 atom stereocenters. The molecule has 0 aromatic carbocycles. The van der Waals surface area contributed by atoms with Gasteiger partial charge < -0.3 is 9.64 Å². The maximum Gasteiger partial charge on any atom is 0.307 e. The van der Waals surface area contributed by atoms with Gasteiger partial charge in [-0.25, -0.2) is 0 Å². The summed E-state index contributed by atoms with van der Waals surface area (Å²) >= 11 is 0. The fourth-order valence-corrected chi connectivity index (χ4v) is 0.704. The summed E-state index contributed by atoms with van der Waals surface area (Å²) in [6.07, 6.45) is 5.06. The Bertz CT molecular complexity index is 230. The Hall–Kier alpha value is -1.50. The molecular formula is C9H13NO3. The van der Waals surface area contributed by atoms with Crippen molar-refractivity contribution in [2.75, 3.05) is 20.2 Å². The summed E-state index contributed by atoms with van der Waals surface area (Å²) in [4.78, 5) is 23.0. The van der Waals surface area contributed by atoms with E-state index < -0.39 is 5.91 Å². The van der Waals surface area contributed by atoms with E-state index in [4.69, 9.17) is 6.42 Å². The fraction of sp³-hybridized carbons (Fsp3) is 0.556. The van der Waals surface area contributed by atoms with Crippen molar-refractivity contribution in [2.45, 2.75) is 13.3 Å². The van der Waals surface area contributed by atoms with Crippen molar-refractivity contribution in [1.29, 1.82) is 0 Å². The highest BCUT2D eigenvalue weighted by molar-refractivity contribution is 5.92. The minimum atomic E-state index is -0.427. The van der Waals surface area contributed by atoms with Crippen LogP contribution in [0.5, 0.6) is 0 Å². The summed E-state index contributed by atoms with van der Waals surface area (Å²) in [6.45, 7) is 2.38. The van der Waals surface area contributed by atoms with E-state index in [9.17, 15) is 9.59 Å². The van der Waals surface area contributed by atoms with Crippen molar-refractivity contribution in [3.63, 3.8) is 0 Å². The third-order valence-electron chi connectivity index (χ3n) is 1.43.